The predicted octanol–water partition coefficient (Wildman–Crippen LogP) is 1.63. The number of anilines is 1. The molecule has 0 amide bonds. The Morgan fingerprint density at radius 2 is 2.30 bits per heavy atom. The molecule has 0 spiro atoms. The van der Waals surface area contributed by atoms with Gasteiger partial charge < -0.3 is 10.5 Å². The number of nitrogens with zero attached hydrogens (tertiary/aromatic N) is 4. The van der Waals surface area contributed by atoms with Gasteiger partial charge in [-0.05, 0) is 47.9 Å². The second-order valence-electron chi connectivity index (χ2n) is 4.91. The molecule has 0 saturated carbocycles. The normalized spacial score (nSPS) is 19.1. The van der Waals surface area contributed by atoms with Crippen molar-refractivity contribution in [3.05, 3.63) is 24.0 Å². The fourth-order valence-corrected chi connectivity index (χ4v) is 2.38. The molecule has 2 heterocycles. The maximum Gasteiger partial charge on any atom is 0.185 e. The SMILES string of the molecule is Nc1ccc(-c2nnnn2CC2CCCCO2)c(F)c1. The first-order chi connectivity index (χ1) is 9.74. The van der Waals surface area contributed by atoms with Crippen LogP contribution in [0.3, 0.4) is 0 Å². The van der Waals surface area contributed by atoms with Crippen LogP contribution in [0.15, 0.2) is 18.2 Å². The van der Waals surface area contributed by atoms with Gasteiger partial charge in [-0.3, -0.25) is 0 Å². The number of nitrogens with two attached hydrogens (primary N) is 1. The summed E-state index contributed by atoms with van der Waals surface area (Å²) in [4.78, 5) is 0. The number of hydrogen-bond acceptors (Lipinski definition) is 5. The van der Waals surface area contributed by atoms with Gasteiger partial charge in [-0.1, -0.05) is 0 Å². The molecular weight excluding hydrogens is 261 g/mol. The lowest BCUT2D eigenvalue weighted by atomic mass is 10.1. The molecule has 0 aliphatic carbocycles. The van der Waals surface area contributed by atoms with Crippen LogP contribution in [0.25, 0.3) is 11.4 Å². The maximum absolute atomic E-state index is 14.0. The van der Waals surface area contributed by atoms with E-state index in [0.29, 0.717) is 23.6 Å². The highest BCUT2D eigenvalue weighted by molar-refractivity contribution is 5.59. The van der Waals surface area contributed by atoms with Crippen LogP contribution >= 0.6 is 0 Å². The molecule has 20 heavy (non-hydrogen) atoms. The monoisotopic (exact) mass is 277 g/mol. The minimum Gasteiger partial charge on any atom is -0.399 e. The first-order valence-corrected chi connectivity index (χ1v) is 6.67. The summed E-state index contributed by atoms with van der Waals surface area (Å²) >= 11 is 0. The Bertz CT molecular complexity index is 594. The van der Waals surface area contributed by atoms with Crippen molar-refractivity contribution in [1.82, 2.24) is 20.2 Å². The van der Waals surface area contributed by atoms with Gasteiger partial charge in [-0.2, -0.15) is 0 Å². The fourth-order valence-electron chi connectivity index (χ4n) is 2.38. The summed E-state index contributed by atoms with van der Waals surface area (Å²) < 4.78 is 21.2. The number of aromatic nitrogens is 4. The van der Waals surface area contributed by atoms with Crippen molar-refractivity contribution < 1.29 is 9.13 Å². The zero-order chi connectivity index (χ0) is 13.9. The van der Waals surface area contributed by atoms with Crippen LogP contribution in [-0.2, 0) is 11.3 Å². The summed E-state index contributed by atoms with van der Waals surface area (Å²) in [5.41, 5.74) is 6.27. The molecule has 2 N–H and O–H groups in total. The number of halogens is 1. The summed E-state index contributed by atoms with van der Waals surface area (Å²) in [6.45, 7) is 1.30. The van der Waals surface area contributed by atoms with Crippen molar-refractivity contribution >= 4 is 5.69 Å². The summed E-state index contributed by atoms with van der Waals surface area (Å²) in [6.07, 6.45) is 3.29. The number of tetrazole rings is 1. The van der Waals surface area contributed by atoms with Gasteiger partial charge in [0, 0.05) is 12.3 Å². The lowest BCUT2D eigenvalue weighted by Crippen LogP contribution is -2.25. The van der Waals surface area contributed by atoms with Crippen LogP contribution < -0.4 is 5.73 Å². The van der Waals surface area contributed by atoms with Crippen LogP contribution in [0, 0.1) is 5.82 Å². The molecule has 1 unspecified atom stereocenters. The molecule has 7 heteroatoms. The first-order valence-electron chi connectivity index (χ1n) is 6.67. The molecule has 1 aliphatic heterocycles. The third-order valence-electron chi connectivity index (χ3n) is 3.42. The Labute approximate surface area is 115 Å². The molecular formula is C13H16FN5O. The third-order valence-corrected chi connectivity index (χ3v) is 3.42. The Balaban J connectivity index is 1.85. The zero-order valence-corrected chi connectivity index (χ0v) is 11.0. The summed E-state index contributed by atoms with van der Waals surface area (Å²) in [6, 6.07) is 4.49. The van der Waals surface area contributed by atoms with Crippen LogP contribution in [0.1, 0.15) is 19.3 Å². The van der Waals surface area contributed by atoms with Crippen LogP contribution in [0.5, 0.6) is 0 Å². The molecule has 106 valence electrons. The molecule has 0 radical (unpaired) electrons. The van der Waals surface area contributed by atoms with E-state index in [4.69, 9.17) is 10.5 Å². The topological polar surface area (TPSA) is 78.9 Å². The molecule has 1 atom stereocenters. The van der Waals surface area contributed by atoms with Gasteiger partial charge in [0.15, 0.2) is 5.82 Å². The lowest BCUT2D eigenvalue weighted by Gasteiger charge is -2.22. The summed E-state index contributed by atoms with van der Waals surface area (Å²) in [5.74, 6) is -0.0257. The molecule has 0 bridgehead atoms. The number of benzene rings is 1. The summed E-state index contributed by atoms with van der Waals surface area (Å²) in [7, 11) is 0. The minimum atomic E-state index is -0.425. The van der Waals surface area contributed by atoms with Crippen molar-refractivity contribution in [2.24, 2.45) is 0 Å². The van der Waals surface area contributed by atoms with E-state index >= 15 is 0 Å². The molecule has 1 fully saturated rings. The average molecular weight is 277 g/mol. The zero-order valence-electron chi connectivity index (χ0n) is 11.0. The van der Waals surface area contributed by atoms with Gasteiger partial charge >= 0.3 is 0 Å². The van der Waals surface area contributed by atoms with Crippen molar-refractivity contribution in [2.45, 2.75) is 31.9 Å². The van der Waals surface area contributed by atoms with E-state index in [1.807, 2.05) is 0 Å². The van der Waals surface area contributed by atoms with Crippen LogP contribution in [0.4, 0.5) is 10.1 Å². The van der Waals surface area contributed by atoms with Crippen LogP contribution in [-0.4, -0.2) is 32.9 Å². The van der Waals surface area contributed by atoms with E-state index in [-0.39, 0.29) is 6.10 Å². The molecule has 6 nitrogen and oxygen atoms in total. The van der Waals surface area contributed by atoms with E-state index < -0.39 is 5.82 Å². The quantitative estimate of drug-likeness (QED) is 0.863. The largest absolute Gasteiger partial charge is 0.399 e. The molecule has 1 saturated heterocycles. The Morgan fingerprint density at radius 1 is 1.40 bits per heavy atom. The molecule has 2 aromatic rings. The van der Waals surface area contributed by atoms with E-state index in [2.05, 4.69) is 15.5 Å². The average Bonchev–Trinajstić information content (AvgIpc) is 2.88. The van der Waals surface area contributed by atoms with Gasteiger partial charge in [0.2, 0.25) is 0 Å². The van der Waals surface area contributed by atoms with E-state index in [9.17, 15) is 4.39 Å². The van der Waals surface area contributed by atoms with Gasteiger partial charge in [0.25, 0.3) is 0 Å². The number of rotatable bonds is 3. The van der Waals surface area contributed by atoms with Crippen molar-refractivity contribution in [3.63, 3.8) is 0 Å². The third kappa shape index (κ3) is 2.62. The van der Waals surface area contributed by atoms with Crippen molar-refractivity contribution in [2.75, 3.05) is 12.3 Å². The molecule has 1 aliphatic rings. The highest BCUT2D eigenvalue weighted by Gasteiger charge is 2.19. The van der Waals surface area contributed by atoms with Gasteiger partial charge in [0.05, 0.1) is 18.2 Å². The molecule has 1 aromatic heterocycles. The highest BCUT2D eigenvalue weighted by Crippen LogP contribution is 2.23. The van der Waals surface area contributed by atoms with Crippen molar-refractivity contribution in [3.8, 4) is 11.4 Å². The maximum atomic E-state index is 14.0. The van der Waals surface area contributed by atoms with E-state index in [1.165, 1.54) is 6.07 Å². The second kappa shape index (κ2) is 5.54. The Hall–Kier alpha value is -2.02. The minimum absolute atomic E-state index is 0.0860. The Kier molecular flexibility index (Phi) is 3.60. The van der Waals surface area contributed by atoms with Gasteiger partial charge in [-0.25, -0.2) is 9.07 Å². The molecule has 1 aromatic carbocycles. The predicted molar refractivity (Wildman–Crippen MR) is 71.2 cm³/mol. The smallest absolute Gasteiger partial charge is 0.185 e. The number of hydrogen-bond donors (Lipinski definition) is 1. The fraction of sp³-hybridized carbons (Fsp3) is 0.462. The van der Waals surface area contributed by atoms with Gasteiger partial charge in [-0.15, -0.1) is 5.10 Å². The highest BCUT2D eigenvalue weighted by atomic mass is 19.1. The standard InChI is InChI=1S/C13H16FN5O/c14-12-7-9(15)4-5-11(12)13-16-17-18-19(13)8-10-3-1-2-6-20-10/h4-5,7,10H,1-3,6,8,15H2. The van der Waals surface area contributed by atoms with Crippen LogP contribution in [0.2, 0.25) is 0 Å². The summed E-state index contributed by atoms with van der Waals surface area (Å²) in [5, 5.41) is 11.5. The lowest BCUT2D eigenvalue weighted by molar-refractivity contribution is 0.00396. The van der Waals surface area contributed by atoms with Gasteiger partial charge in [0.1, 0.15) is 5.82 Å². The number of ether oxygens (including phenoxy) is 1. The molecule has 3 rings (SSSR count). The first kappa shape index (κ1) is 13.0. The second-order valence-corrected chi connectivity index (χ2v) is 4.91. The van der Waals surface area contributed by atoms with E-state index in [1.54, 1.807) is 16.8 Å². The van der Waals surface area contributed by atoms with Crippen molar-refractivity contribution in [1.29, 1.82) is 0 Å². The van der Waals surface area contributed by atoms with E-state index in [0.717, 1.165) is 25.9 Å². The Morgan fingerprint density at radius 3 is 3.05 bits per heavy atom. The number of nitrogen functional groups attached to an aromatic ring is 1.